The third-order valence-corrected chi connectivity index (χ3v) is 6.28. The highest BCUT2D eigenvalue weighted by atomic mass is 35.5. The summed E-state index contributed by atoms with van der Waals surface area (Å²) in [4.78, 5) is 0. The number of benzene rings is 1. The standard InChI is InChI=1S/C16H19ClN2O2S/c1-2-12-22(20,21)19-11-10-18-9-3-4-15(18)16(19)13-5-7-14(17)8-6-13/h3-9,16H,2,10-12H2,1H3. The molecule has 1 aromatic carbocycles. The van der Waals surface area contributed by atoms with E-state index in [9.17, 15) is 8.42 Å². The molecule has 2 aromatic rings. The van der Waals surface area contributed by atoms with Gasteiger partial charge in [-0.15, -0.1) is 0 Å². The second kappa shape index (κ2) is 6.07. The van der Waals surface area contributed by atoms with Crippen LogP contribution in [-0.2, 0) is 16.6 Å². The molecule has 0 saturated carbocycles. The fraction of sp³-hybridized carbons (Fsp3) is 0.375. The molecular formula is C16H19ClN2O2S. The molecule has 0 bridgehead atoms. The Bertz CT molecular complexity index is 753. The second-order valence-electron chi connectivity index (χ2n) is 5.51. The van der Waals surface area contributed by atoms with Crippen molar-refractivity contribution in [1.82, 2.24) is 8.87 Å². The van der Waals surface area contributed by atoms with Crippen LogP contribution in [0.3, 0.4) is 0 Å². The van der Waals surface area contributed by atoms with Crippen LogP contribution in [0, 0.1) is 0 Å². The first-order valence-corrected chi connectivity index (χ1v) is 9.41. The average molecular weight is 339 g/mol. The molecule has 1 aliphatic heterocycles. The Balaban J connectivity index is 2.09. The van der Waals surface area contributed by atoms with Gasteiger partial charge in [0.25, 0.3) is 0 Å². The van der Waals surface area contributed by atoms with Crippen LogP contribution in [0.4, 0.5) is 0 Å². The van der Waals surface area contributed by atoms with E-state index < -0.39 is 10.0 Å². The van der Waals surface area contributed by atoms with Crippen LogP contribution in [0.5, 0.6) is 0 Å². The molecule has 1 aromatic heterocycles. The van der Waals surface area contributed by atoms with Gasteiger partial charge in [-0.2, -0.15) is 4.31 Å². The number of nitrogens with zero attached hydrogens (tertiary/aromatic N) is 2. The summed E-state index contributed by atoms with van der Waals surface area (Å²) in [6, 6.07) is 11.1. The maximum atomic E-state index is 12.7. The summed E-state index contributed by atoms with van der Waals surface area (Å²) >= 11 is 5.97. The molecule has 0 N–H and O–H groups in total. The lowest BCUT2D eigenvalue weighted by Gasteiger charge is -2.36. The van der Waals surface area contributed by atoms with Crippen LogP contribution < -0.4 is 0 Å². The lowest BCUT2D eigenvalue weighted by atomic mass is 10.0. The van der Waals surface area contributed by atoms with Crippen molar-refractivity contribution in [2.24, 2.45) is 0 Å². The van der Waals surface area contributed by atoms with E-state index in [4.69, 9.17) is 11.6 Å². The highest BCUT2D eigenvalue weighted by Gasteiger charge is 2.35. The van der Waals surface area contributed by atoms with Gasteiger partial charge in [-0.05, 0) is 36.2 Å². The Morgan fingerprint density at radius 2 is 1.91 bits per heavy atom. The van der Waals surface area contributed by atoms with E-state index in [1.54, 1.807) is 4.31 Å². The third kappa shape index (κ3) is 2.81. The van der Waals surface area contributed by atoms with E-state index in [0.29, 0.717) is 24.5 Å². The van der Waals surface area contributed by atoms with Crippen molar-refractivity contribution in [3.63, 3.8) is 0 Å². The normalized spacial score (nSPS) is 19.1. The van der Waals surface area contributed by atoms with Crippen molar-refractivity contribution >= 4 is 21.6 Å². The minimum atomic E-state index is -3.27. The van der Waals surface area contributed by atoms with Crippen molar-refractivity contribution < 1.29 is 8.42 Å². The summed E-state index contributed by atoms with van der Waals surface area (Å²) < 4.78 is 29.1. The molecule has 0 radical (unpaired) electrons. The van der Waals surface area contributed by atoms with Gasteiger partial charge in [0.1, 0.15) is 0 Å². The monoisotopic (exact) mass is 338 g/mol. The fourth-order valence-electron chi connectivity index (χ4n) is 3.02. The molecule has 2 heterocycles. The van der Waals surface area contributed by atoms with Gasteiger partial charge in [-0.25, -0.2) is 8.42 Å². The molecule has 0 saturated heterocycles. The first-order chi connectivity index (χ1) is 10.5. The summed E-state index contributed by atoms with van der Waals surface area (Å²) in [5, 5.41) is 0.651. The SMILES string of the molecule is CCCS(=O)(=O)N1CCn2cccc2C1c1ccc(Cl)cc1. The van der Waals surface area contributed by atoms with E-state index >= 15 is 0 Å². The Morgan fingerprint density at radius 3 is 2.59 bits per heavy atom. The highest BCUT2D eigenvalue weighted by molar-refractivity contribution is 7.89. The van der Waals surface area contributed by atoms with Crippen LogP contribution in [0.25, 0.3) is 0 Å². The second-order valence-corrected chi connectivity index (χ2v) is 7.98. The summed E-state index contributed by atoms with van der Waals surface area (Å²) in [6.45, 7) is 3.08. The van der Waals surface area contributed by atoms with Gasteiger partial charge >= 0.3 is 0 Å². The van der Waals surface area contributed by atoms with Gasteiger partial charge in [-0.3, -0.25) is 0 Å². The highest BCUT2D eigenvalue weighted by Crippen LogP contribution is 2.35. The van der Waals surface area contributed by atoms with Crippen LogP contribution in [-0.4, -0.2) is 29.6 Å². The number of halogens is 1. The van der Waals surface area contributed by atoms with E-state index in [2.05, 4.69) is 4.57 Å². The molecule has 4 nitrogen and oxygen atoms in total. The predicted molar refractivity (Wildman–Crippen MR) is 88.5 cm³/mol. The molecule has 1 aliphatic rings. The molecule has 1 atom stereocenters. The van der Waals surface area contributed by atoms with Crippen LogP contribution in [0.1, 0.15) is 30.6 Å². The topological polar surface area (TPSA) is 42.3 Å². The fourth-order valence-corrected chi connectivity index (χ4v) is 4.81. The predicted octanol–water partition coefficient (Wildman–Crippen LogP) is 3.29. The molecule has 3 rings (SSSR count). The van der Waals surface area contributed by atoms with Gasteiger partial charge < -0.3 is 4.57 Å². The minimum Gasteiger partial charge on any atom is -0.348 e. The van der Waals surface area contributed by atoms with E-state index in [1.165, 1.54) is 0 Å². The lowest BCUT2D eigenvalue weighted by Crippen LogP contribution is -2.43. The van der Waals surface area contributed by atoms with Crippen LogP contribution in [0.15, 0.2) is 42.6 Å². The van der Waals surface area contributed by atoms with Crippen molar-refractivity contribution in [3.05, 3.63) is 58.9 Å². The molecular weight excluding hydrogens is 320 g/mol. The number of sulfonamides is 1. The quantitative estimate of drug-likeness (QED) is 0.858. The zero-order chi connectivity index (χ0) is 15.7. The summed E-state index contributed by atoms with van der Waals surface area (Å²) in [5.74, 6) is 0.178. The van der Waals surface area contributed by atoms with E-state index in [-0.39, 0.29) is 11.8 Å². The molecule has 118 valence electrons. The maximum absolute atomic E-state index is 12.7. The van der Waals surface area contributed by atoms with Gasteiger partial charge in [0, 0.05) is 30.0 Å². The molecule has 0 amide bonds. The van der Waals surface area contributed by atoms with Gasteiger partial charge in [0.15, 0.2) is 0 Å². The molecule has 1 unspecified atom stereocenters. The Labute approximate surface area is 136 Å². The molecule has 0 spiro atoms. The first kappa shape index (κ1) is 15.6. The number of hydrogen-bond acceptors (Lipinski definition) is 2. The van der Waals surface area contributed by atoms with Crippen molar-refractivity contribution in [2.75, 3.05) is 12.3 Å². The van der Waals surface area contributed by atoms with Crippen LogP contribution in [0.2, 0.25) is 5.02 Å². The minimum absolute atomic E-state index is 0.178. The molecule has 0 fully saturated rings. The number of rotatable bonds is 4. The Kier molecular flexibility index (Phi) is 4.30. The number of hydrogen-bond donors (Lipinski definition) is 0. The maximum Gasteiger partial charge on any atom is 0.215 e. The van der Waals surface area contributed by atoms with Crippen molar-refractivity contribution in [2.45, 2.75) is 25.9 Å². The van der Waals surface area contributed by atoms with Crippen LogP contribution >= 0.6 is 11.6 Å². The summed E-state index contributed by atoms with van der Waals surface area (Å²) in [5.41, 5.74) is 1.96. The smallest absolute Gasteiger partial charge is 0.215 e. The first-order valence-electron chi connectivity index (χ1n) is 7.43. The average Bonchev–Trinajstić information content (AvgIpc) is 2.95. The zero-order valence-corrected chi connectivity index (χ0v) is 14.0. The van der Waals surface area contributed by atoms with Gasteiger partial charge in [-0.1, -0.05) is 30.7 Å². The number of aromatic nitrogens is 1. The van der Waals surface area contributed by atoms with Crippen molar-refractivity contribution in [3.8, 4) is 0 Å². The third-order valence-electron chi connectivity index (χ3n) is 4.00. The largest absolute Gasteiger partial charge is 0.348 e. The number of fused-ring (bicyclic) bond motifs is 1. The lowest BCUT2D eigenvalue weighted by molar-refractivity contribution is 0.298. The van der Waals surface area contributed by atoms with Crippen molar-refractivity contribution in [1.29, 1.82) is 0 Å². The van der Waals surface area contributed by atoms with E-state index in [0.717, 1.165) is 11.3 Å². The molecule has 22 heavy (non-hydrogen) atoms. The molecule has 6 heteroatoms. The zero-order valence-electron chi connectivity index (χ0n) is 12.4. The van der Waals surface area contributed by atoms with E-state index in [1.807, 2.05) is 49.5 Å². The molecule has 0 aliphatic carbocycles. The van der Waals surface area contributed by atoms with Gasteiger partial charge in [0.05, 0.1) is 11.8 Å². The summed E-state index contributed by atoms with van der Waals surface area (Å²) in [6.07, 6.45) is 2.62. The Morgan fingerprint density at radius 1 is 1.18 bits per heavy atom. The summed E-state index contributed by atoms with van der Waals surface area (Å²) in [7, 11) is -3.27. The van der Waals surface area contributed by atoms with Gasteiger partial charge in [0.2, 0.25) is 10.0 Å². The Hall–Kier alpha value is -1.30.